The third-order valence-electron chi connectivity index (χ3n) is 8.17. The molecule has 42 heavy (non-hydrogen) atoms. The summed E-state index contributed by atoms with van der Waals surface area (Å²) in [5.41, 5.74) is 6.02. The third kappa shape index (κ3) is 3.56. The maximum Gasteiger partial charge on any atom is 0.160 e. The molecule has 0 N–H and O–H groups in total. The van der Waals surface area contributed by atoms with E-state index in [-0.39, 0.29) is 0 Å². The second kappa shape index (κ2) is 9.17. The van der Waals surface area contributed by atoms with Crippen LogP contribution < -0.4 is 16.2 Å². The summed E-state index contributed by atoms with van der Waals surface area (Å²) in [6, 6.07) is 47.4. The number of hydrogen-bond acceptors (Lipinski definition) is 3. The van der Waals surface area contributed by atoms with Crippen molar-refractivity contribution < 1.29 is 0 Å². The highest BCUT2D eigenvalue weighted by atomic mass is 31.1. The second-order valence-corrected chi connectivity index (χ2v) is 12.7. The second-order valence-electron chi connectivity index (χ2n) is 10.6. The van der Waals surface area contributed by atoms with Crippen LogP contribution in [0.15, 0.2) is 140 Å². The molecule has 0 aliphatic heterocycles. The fourth-order valence-corrected chi connectivity index (χ4v) is 8.32. The minimum atomic E-state index is -1.04. The topological polar surface area (TPSA) is 43.1 Å². The fourth-order valence-electron chi connectivity index (χ4n) is 6.21. The van der Waals surface area contributed by atoms with Crippen molar-refractivity contribution in [3.8, 4) is 0 Å². The molecule has 0 spiro atoms. The summed E-state index contributed by atoms with van der Waals surface area (Å²) in [6.07, 6.45) is 1.95. The fraction of sp³-hybridized carbons (Fsp3) is 0. The number of rotatable bonds is 3. The molecule has 3 aromatic heterocycles. The van der Waals surface area contributed by atoms with Crippen molar-refractivity contribution in [2.75, 3.05) is 0 Å². The number of fused-ring (bicyclic) bond motifs is 10. The van der Waals surface area contributed by atoms with E-state index < -0.39 is 7.92 Å². The molecule has 0 saturated heterocycles. The lowest BCUT2D eigenvalue weighted by Gasteiger charge is -2.18. The first kappa shape index (κ1) is 23.5. The predicted octanol–water partition coefficient (Wildman–Crippen LogP) is 7.65. The van der Waals surface area contributed by atoms with Crippen molar-refractivity contribution in [3.05, 3.63) is 140 Å². The molecule has 9 rings (SSSR count). The highest BCUT2D eigenvalue weighted by molar-refractivity contribution is 7.79. The number of aromatic nitrogens is 4. The molecule has 0 bridgehead atoms. The van der Waals surface area contributed by atoms with Gasteiger partial charge in [0.1, 0.15) is 5.65 Å². The van der Waals surface area contributed by atoms with E-state index in [2.05, 4.69) is 126 Å². The zero-order valence-corrected chi connectivity index (χ0v) is 23.4. The lowest BCUT2D eigenvalue weighted by atomic mass is 10.1. The van der Waals surface area contributed by atoms with E-state index in [1.807, 2.05) is 18.3 Å². The van der Waals surface area contributed by atoms with Crippen molar-refractivity contribution >= 4 is 84.1 Å². The van der Waals surface area contributed by atoms with Gasteiger partial charge < -0.3 is 0 Å². The van der Waals surface area contributed by atoms with Gasteiger partial charge >= 0.3 is 0 Å². The molecule has 0 amide bonds. The van der Waals surface area contributed by atoms with Gasteiger partial charge in [-0.15, -0.1) is 0 Å². The number of nitrogens with zero attached hydrogens (tertiary/aromatic N) is 4. The Morgan fingerprint density at radius 1 is 0.476 bits per heavy atom. The van der Waals surface area contributed by atoms with E-state index in [0.717, 1.165) is 44.1 Å². The van der Waals surface area contributed by atoms with Crippen molar-refractivity contribution in [2.45, 2.75) is 0 Å². The van der Waals surface area contributed by atoms with E-state index in [1.165, 1.54) is 32.2 Å². The van der Waals surface area contributed by atoms with E-state index in [9.17, 15) is 0 Å². The van der Waals surface area contributed by atoms with Crippen LogP contribution in [-0.4, -0.2) is 19.4 Å². The third-order valence-corrected chi connectivity index (χ3v) is 10.4. The van der Waals surface area contributed by atoms with Gasteiger partial charge in [0.05, 0.1) is 22.1 Å². The van der Waals surface area contributed by atoms with Crippen LogP contribution in [0.25, 0.3) is 60.0 Å². The number of para-hydroxylation sites is 2. The van der Waals surface area contributed by atoms with Gasteiger partial charge in [-0.25, -0.2) is 15.0 Å². The summed E-state index contributed by atoms with van der Waals surface area (Å²) in [5, 5.41) is 9.50. The van der Waals surface area contributed by atoms with Crippen molar-refractivity contribution in [1.82, 2.24) is 19.4 Å². The molecule has 5 heteroatoms. The van der Waals surface area contributed by atoms with Gasteiger partial charge in [0.15, 0.2) is 5.57 Å². The highest BCUT2D eigenvalue weighted by Crippen LogP contribution is 2.36. The van der Waals surface area contributed by atoms with Crippen molar-refractivity contribution in [1.29, 1.82) is 0 Å². The molecule has 196 valence electrons. The summed E-state index contributed by atoms with van der Waals surface area (Å²) in [5.74, 6) is 0. The standard InChI is InChI=1S/C37H23N4P/c1-2-10-25-21-27(18-17-24(25)9-1)42(37-38-23-26-11-3-7-15-32(26)40-37)28-19-20-35-33(22-28)39-36-31-14-5-4-12-29(31)30-13-6-8-16-34(30)41(35)36/h1-23H. The molecule has 0 radical (unpaired) electrons. The monoisotopic (exact) mass is 554 g/mol. The summed E-state index contributed by atoms with van der Waals surface area (Å²) < 4.78 is 2.31. The quantitative estimate of drug-likeness (QED) is 0.166. The smallest absolute Gasteiger partial charge is 0.160 e. The molecule has 0 saturated carbocycles. The van der Waals surface area contributed by atoms with Crippen LogP contribution in [0, 0.1) is 0 Å². The summed E-state index contributed by atoms with van der Waals surface area (Å²) in [6.45, 7) is 0. The Bertz CT molecular complexity index is 2420. The molecule has 6 aromatic carbocycles. The van der Waals surface area contributed by atoms with Crippen LogP contribution in [0.2, 0.25) is 0 Å². The van der Waals surface area contributed by atoms with Gasteiger partial charge in [0, 0.05) is 30.3 Å². The zero-order chi connectivity index (χ0) is 27.6. The largest absolute Gasteiger partial charge is 0.292 e. The first-order chi connectivity index (χ1) is 20.8. The summed E-state index contributed by atoms with van der Waals surface area (Å²) in [7, 11) is -1.04. The Hall–Kier alpha value is -5.18. The predicted molar refractivity (Wildman–Crippen MR) is 177 cm³/mol. The Morgan fingerprint density at radius 3 is 2.07 bits per heavy atom. The number of imidazole rings is 1. The number of benzene rings is 6. The van der Waals surface area contributed by atoms with E-state index in [1.54, 1.807) is 0 Å². The normalized spacial score (nSPS) is 12.7. The van der Waals surface area contributed by atoms with Gasteiger partial charge in [0.25, 0.3) is 0 Å². The van der Waals surface area contributed by atoms with Crippen LogP contribution in [0.4, 0.5) is 0 Å². The minimum absolute atomic E-state index is 0.845. The van der Waals surface area contributed by atoms with Gasteiger partial charge in [-0.2, -0.15) is 0 Å². The summed E-state index contributed by atoms with van der Waals surface area (Å²) in [4.78, 5) is 15.3. The Morgan fingerprint density at radius 2 is 1.17 bits per heavy atom. The van der Waals surface area contributed by atoms with Crippen LogP contribution in [-0.2, 0) is 0 Å². The lowest BCUT2D eigenvalue weighted by molar-refractivity contribution is 1.30. The van der Waals surface area contributed by atoms with Gasteiger partial charge in [-0.1, -0.05) is 103 Å². The molecule has 0 aliphatic rings. The highest BCUT2D eigenvalue weighted by Gasteiger charge is 2.22. The van der Waals surface area contributed by atoms with E-state index >= 15 is 0 Å². The van der Waals surface area contributed by atoms with Crippen LogP contribution in [0.5, 0.6) is 0 Å². The zero-order valence-electron chi connectivity index (χ0n) is 22.5. The van der Waals surface area contributed by atoms with E-state index in [0.29, 0.717) is 0 Å². The maximum absolute atomic E-state index is 5.26. The average Bonchev–Trinajstić information content (AvgIpc) is 3.44. The lowest BCUT2D eigenvalue weighted by Crippen LogP contribution is -2.25. The maximum atomic E-state index is 5.26. The van der Waals surface area contributed by atoms with Crippen molar-refractivity contribution in [3.63, 3.8) is 0 Å². The van der Waals surface area contributed by atoms with Gasteiger partial charge in [0.2, 0.25) is 0 Å². The van der Waals surface area contributed by atoms with Crippen LogP contribution >= 0.6 is 7.92 Å². The Balaban J connectivity index is 1.32. The van der Waals surface area contributed by atoms with Crippen LogP contribution in [0.3, 0.4) is 0 Å². The SMILES string of the molecule is c1ccc2cc(P(c3ccc4c(c3)nc3c5ccccc5c5ccccc5n43)c3ncc4ccccc4n3)ccc2c1. The van der Waals surface area contributed by atoms with E-state index in [4.69, 9.17) is 15.0 Å². The molecule has 9 aromatic rings. The molecule has 4 nitrogen and oxygen atoms in total. The summed E-state index contributed by atoms with van der Waals surface area (Å²) >= 11 is 0. The number of pyridine rings is 1. The van der Waals surface area contributed by atoms with Crippen molar-refractivity contribution in [2.24, 2.45) is 0 Å². The molecular formula is C37H23N4P. The minimum Gasteiger partial charge on any atom is -0.292 e. The first-order valence-corrected chi connectivity index (χ1v) is 15.4. The molecule has 3 heterocycles. The first-order valence-electron chi connectivity index (χ1n) is 14.0. The molecular weight excluding hydrogens is 531 g/mol. The average molecular weight is 555 g/mol. The molecule has 1 atom stereocenters. The van der Waals surface area contributed by atoms with Gasteiger partial charge in [-0.3, -0.25) is 4.40 Å². The molecule has 1 unspecified atom stereocenters. The van der Waals surface area contributed by atoms with Gasteiger partial charge in [-0.05, 0) is 57.1 Å². The molecule has 0 aliphatic carbocycles. The number of hydrogen-bond donors (Lipinski definition) is 0. The Labute approximate surface area is 242 Å². The van der Waals surface area contributed by atoms with Crippen LogP contribution in [0.1, 0.15) is 0 Å². The Kier molecular flexibility index (Phi) is 5.13. The molecule has 0 fully saturated rings.